The Hall–Kier alpha value is -1.14. The average molecular weight is 241 g/mol. The molecule has 0 radical (unpaired) electrons. The van der Waals surface area contributed by atoms with E-state index in [4.69, 9.17) is 10.8 Å². The third-order valence-electron chi connectivity index (χ3n) is 2.81. The lowest BCUT2D eigenvalue weighted by Crippen LogP contribution is -2.38. The number of hydrogen-bond donors (Lipinski definition) is 2. The van der Waals surface area contributed by atoms with Crippen molar-refractivity contribution in [1.29, 1.82) is 0 Å². The minimum absolute atomic E-state index is 0.0107. The van der Waals surface area contributed by atoms with E-state index in [0.717, 1.165) is 25.1 Å². The van der Waals surface area contributed by atoms with Crippen LogP contribution >= 0.6 is 11.3 Å². The minimum atomic E-state index is -0.0107. The first-order valence-corrected chi connectivity index (χ1v) is 6.19. The smallest absolute Gasteiger partial charge is 0.228 e. The van der Waals surface area contributed by atoms with Crippen LogP contribution < -0.4 is 5.73 Å². The molecule has 3 N–H and O–H groups in total. The minimum Gasteiger partial charge on any atom is -0.394 e. The van der Waals surface area contributed by atoms with Crippen molar-refractivity contribution >= 4 is 22.4 Å². The van der Waals surface area contributed by atoms with E-state index in [9.17, 15) is 4.79 Å². The number of anilines is 1. The van der Waals surface area contributed by atoms with Gasteiger partial charge in [0, 0.05) is 11.9 Å². The molecule has 1 aromatic heterocycles. The molecule has 2 rings (SSSR count). The van der Waals surface area contributed by atoms with Gasteiger partial charge < -0.3 is 15.7 Å². The fourth-order valence-electron chi connectivity index (χ4n) is 2.01. The molecular formula is C10H15N3O2S. The fourth-order valence-corrected chi connectivity index (χ4v) is 2.58. The second-order valence-electron chi connectivity index (χ2n) is 3.92. The average Bonchev–Trinajstić information content (AvgIpc) is 2.86. The molecule has 1 saturated heterocycles. The lowest BCUT2D eigenvalue weighted by Gasteiger charge is -2.22. The number of likely N-dealkylation sites (tertiary alicyclic amines) is 1. The summed E-state index contributed by atoms with van der Waals surface area (Å²) in [6, 6.07) is -0.0107. The molecule has 1 aliphatic heterocycles. The van der Waals surface area contributed by atoms with Gasteiger partial charge in [0.15, 0.2) is 5.13 Å². The first-order chi connectivity index (χ1) is 7.70. The van der Waals surface area contributed by atoms with Crippen molar-refractivity contribution in [2.24, 2.45) is 0 Å². The van der Waals surface area contributed by atoms with E-state index < -0.39 is 0 Å². The molecule has 1 unspecified atom stereocenters. The quantitative estimate of drug-likeness (QED) is 0.795. The van der Waals surface area contributed by atoms with E-state index in [-0.39, 0.29) is 25.0 Å². The standard InChI is InChI=1S/C10H15N3O2S/c11-10-12-7(6-16-10)4-9(15)13-3-1-2-8(13)5-14/h6,8,14H,1-5H2,(H2,11,12). The highest BCUT2D eigenvalue weighted by atomic mass is 32.1. The maximum absolute atomic E-state index is 11.9. The van der Waals surface area contributed by atoms with Gasteiger partial charge >= 0.3 is 0 Å². The van der Waals surface area contributed by atoms with E-state index in [0.29, 0.717) is 5.13 Å². The number of thiazole rings is 1. The first kappa shape index (κ1) is 11.3. The summed E-state index contributed by atoms with van der Waals surface area (Å²) >= 11 is 1.34. The zero-order valence-electron chi connectivity index (χ0n) is 8.93. The lowest BCUT2D eigenvalue weighted by molar-refractivity contribution is -0.132. The Kier molecular flexibility index (Phi) is 3.40. The monoisotopic (exact) mass is 241 g/mol. The van der Waals surface area contributed by atoms with Crippen molar-refractivity contribution in [1.82, 2.24) is 9.88 Å². The predicted octanol–water partition coefficient (Wildman–Crippen LogP) is 0.251. The van der Waals surface area contributed by atoms with Crippen molar-refractivity contribution in [3.8, 4) is 0 Å². The van der Waals surface area contributed by atoms with Crippen LogP contribution in [0.5, 0.6) is 0 Å². The van der Waals surface area contributed by atoms with Crippen LogP contribution in [0.3, 0.4) is 0 Å². The molecular weight excluding hydrogens is 226 g/mol. The molecule has 0 bridgehead atoms. The van der Waals surface area contributed by atoms with Crippen molar-refractivity contribution < 1.29 is 9.90 Å². The number of carbonyl (C=O) groups is 1. The van der Waals surface area contributed by atoms with Gasteiger partial charge in [-0.25, -0.2) is 4.98 Å². The third-order valence-corrected chi connectivity index (χ3v) is 3.53. The molecule has 0 aromatic carbocycles. The third kappa shape index (κ3) is 2.33. The number of aliphatic hydroxyl groups is 1. The topological polar surface area (TPSA) is 79.5 Å². The highest BCUT2D eigenvalue weighted by Crippen LogP contribution is 2.19. The van der Waals surface area contributed by atoms with Crippen LogP contribution in [0.25, 0.3) is 0 Å². The number of hydrogen-bond acceptors (Lipinski definition) is 5. The molecule has 2 heterocycles. The number of amides is 1. The van der Waals surface area contributed by atoms with Gasteiger partial charge in [0.05, 0.1) is 24.8 Å². The number of aliphatic hydroxyl groups excluding tert-OH is 1. The summed E-state index contributed by atoms with van der Waals surface area (Å²) in [5, 5.41) is 11.4. The summed E-state index contributed by atoms with van der Waals surface area (Å²) in [7, 11) is 0. The molecule has 16 heavy (non-hydrogen) atoms. The van der Waals surface area contributed by atoms with Gasteiger partial charge in [-0.15, -0.1) is 11.3 Å². The van der Waals surface area contributed by atoms with Crippen LogP contribution in [0.4, 0.5) is 5.13 Å². The predicted molar refractivity (Wildman–Crippen MR) is 62.1 cm³/mol. The van der Waals surface area contributed by atoms with Gasteiger partial charge in [-0.1, -0.05) is 0 Å². The van der Waals surface area contributed by atoms with E-state index in [2.05, 4.69) is 4.98 Å². The highest BCUT2D eigenvalue weighted by Gasteiger charge is 2.28. The molecule has 1 amide bonds. The van der Waals surface area contributed by atoms with Gasteiger partial charge in [-0.05, 0) is 12.8 Å². The number of nitrogens with two attached hydrogens (primary N) is 1. The Morgan fingerprint density at radius 1 is 1.75 bits per heavy atom. The van der Waals surface area contributed by atoms with E-state index in [1.54, 1.807) is 10.3 Å². The zero-order chi connectivity index (χ0) is 11.5. The van der Waals surface area contributed by atoms with Crippen molar-refractivity contribution in [2.75, 3.05) is 18.9 Å². The molecule has 88 valence electrons. The van der Waals surface area contributed by atoms with Gasteiger partial charge in [-0.3, -0.25) is 4.79 Å². The molecule has 5 nitrogen and oxygen atoms in total. The van der Waals surface area contributed by atoms with Crippen LogP contribution in [-0.2, 0) is 11.2 Å². The van der Waals surface area contributed by atoms with Crippen LogP contribution in [0.2, 0.25) is 0 Å². The Labute approximate surface area is 97.9 Å². The maximum Gasteiger partial charge on any atom is 0.228 e. The van der Waals surface area contributed by atoms with Crippen LogP contribution in [0.15, 0.2) is 5.38 Å². The van der Waals surface area contributed by atoms with Crippen molar-refractivity contribution in [3.05, 3.63) is 11.1 Å². The zero-order valence-corrected chi connectivity index (χ0v) is 9.74. The van der Waals surface area contributed by atoms with Gasteiger partial charge in [0.1, 0.15) is 0 Å². The van der Waals surface area contributed by atoms with E-state index in [1.807, 2.05) is 0 Å². The molecule has 0 spiro atoms. The fraction of sp³-hybridized carbons (Fsp3) is 0.600. The first-order valence-electron chi connectivity index (χ1n) is 5.31. The molecule has 6 heteroatoms. The van der Waals surface area contributed by atoms with E-state index >= 15 is 0 Å². The molecule has 0 aliphatic carbocycles. The SMILES string of the molecule is Nc1nc(CC(=O)N2CCCC2CO)cs1. The number of nitrogen functional groups attached to an aromatic ring is 1. The highest BCUT2D eigenvalue weighted by molar-refractivity contribution is 7.13. The maximum atomic E-state index is 11.9. The molecule has 1 aromatic rings. The summed E-state index contributed by atoms with van der Waals surface area (Å²) in [6.07, 6.45) is 2.14. The van der Waals surface area contributed by atoms with E-state index in [1.165, 1.54) is 11.3 Å². The largest absolute Gasteiger partial charge is 0.394 e. The second kappa shape index (κ2) is 4.80. The summed E-state index contributed by atoms with van der Waals surface area (Å²) in [5.41, 5.74) is 6.22. The molecule has 0 saturated carbocycles. The Bertz CT molecular complexity index is 380. The van der Waals surface area contributed by atoms with Gasteiger partial charge in [0.2, 0.25) is 5.91 Å². The molecule has 1 atom stereocenters. The number of rotatable bonds is 3. The number of nitrogens with zero attached hydrogens (tertiary/aromatic N) is 2. The lowest BCUT2D eigenvalue weighted by atomic mass is 10.2. The summed E-state index contributed by atoms with van der Waals surface area (Å²) in [6.45, 7) is 0.786. The Morgan fingerprint density at radius 3 is 3.19 bits per heavy atom. The summed E-state index contributed by atoms with van der Waals surface area (Å²) < 4.78 is 0. The number of aromatic nitrogens is 1. The van der Waals surface area contributed by atoms with Gasteiger partial charge in [-0.2, -0.15) is 0 Å². The summed E-state index contributed by atoms with van der Waals surface area (Å²) in [4.78, 5) is 17.7. The Balaban J connectivity index is 1.97. The number of carbonyl (C=O) groups excluding carboxylic acids is 1. The normalized spacial score (nSPS) is 20.3. The Morgan fingerprint density at radius 2 is 2.56 bits per heavy atom. The van der Waals surface area contributed by atoms with Crippen LogP contribution in [0, 0.1) is 0 Å². The van der Waals surface area contributed by atoms with Crippen LogP contribution in [0.1, 0.15) is 18.5 Å². The van der Waals surface area contributed by atoms with Crippen LogP contribution in [-0.4, -0.2) is 40.1 Å². The second-order valence-corrected chi connectivity index (χ2v) is 4.81. The van der Waals surface area contributed by atoms with Gasteiger partial charge in [0.25, 0.3) is 0 Å². The van der Waals surface area contributed by atoms with Crippen molar-refractivity contribution in [3.63, 3.8) is 0 Å². The molecule has 1 fully saturated rings. The van der Waals surface area contributed by atoms with Crippen molar-refractivity contribution in [2.45, 2.75) is 25.3 Å². The summed E-state index contributed by atoms with van der Waals surface area (Å²) in [5.74, 6) is 0.0295. The molecule has 1 aliphatic rings.